The Bertz CT molecular complexity index is 844. The number of hydrogen-bond donors (Lipinski definition) is 0. The number of alkyl halides is 2. The number of hydrogen-bond acceptors (Lipinski definition) is 2. The Balaban J connectivity index is 2.01. The van der Waals surface area contributed by atoms with Gasteiger partial charge in [0.15, 0.2) is 0 Å². The van der Waals surface area contributed by atoms with E-state index in [9.17, 15) is 18.0 Å². The summed E-state index contributed by atoms with van der Waals surface area (Å²) in [4.78, 5) is 13.0. The predicted molar refractivity (Wildman–Crippen MR) is 103 cm³/mol. The van der Waals surface area contributed by atoms with Crippen LogP contribution in [0.15, 0.2) is 48.5 Å². The van der Waals surface area contributed by atoms with Crippen LogP contribution in [0.25, 0.3) is 11.1 Å². The molecule has 0 spiro atoms. The topological polar surface area (TPSA) is 26.3 Å². The molecule has 150 valence electrons. The SMILES string of the molecule is CC(C)(C)OC(=O)C1(c2ccc(-c3ccccc3)c(F)c2)CCC(F)(F)CC1. The van der Waals surface area contributed by atoms with Gasteiger partial charge in [-0.05, 0) is 50.8 Å². The summed E-state index contributed by atoms with van der Waals surface area (Å²) in [6.07, 6.45) is -0.985. The summed E-state index contributed by atoms with van der Waals surface area (Å²) in [5.74, 6) is -3.86. The Kier molecular flexibility index (Phi) is 5.30. The Hall–Kier alpha value is -2.30. The molecule has 5 heteroatoms. The highest BCUT2D eigenvalue weighted by molar-refractivity contribution is 5.84. The summed E-state index contributed by atoms with van der Waals surface area (Å²) >= 11 is 0. The molecule has 0 heterocycles. The lowest BCUT2D eigenvalue weighted by atomic mass is 9.68. The van der Waals surface area contributed by atoms with Crippen LogP contribution in [0.5, 0.6) is 0 Å². The van der Waals surface area contributed by atoms with E-state index < -0.39 is 41.6 Å². The van der Waals surface area contributed by atoms with Gasteiger partial charge in [-0.15, -0.1) is 0 Å². The van der Waals surface area contributed by atoms with Crippen LogP contribution in [-0.4, -0.2) is 17.5 Å². The van der Waals surface area contributed by atoms with Gasteiger partial charge in [0, 0.05) is 18.4 Å². The summed E-state index contributed by atoms with van der Waals surface area (Å²) in [7, 11) is 0. The molecule has 0 aliphatic heterocycles. The zero-order valence-electron chi connectivity index (χ0n) is 16.4. The third-order valence-corrected chi connectivity index (χ3v) is 5.23. The minimum atomic E-state index is -2.81. The number of carbonyl (C=O) groups is 1. The van der Waals surface area contributed by atoms with Crippen molar-refractivity contribution in [3.05, 3.63) is 59.9 Å². The van der Waals surface area contributed by atoms with E-state index in [2.05, 4.69) is 0 Å². The van der Waals surface area contributed by atoms with E-state index >= 15 is 0 Å². The molecule has 2 aromatic carbocycles. The lowest BCUT2D eigenvalue weighted by molar-refractivity contribution is -0.167. The third-order valence-electron chi connectivity index (χ3n) is 5.23. The molecule has 2 nitrogen and oxygen atoms in total. The molecule has 0 amide bonds. The van der Waals surface area contributed by atoms with Crippen molar-refractivity contribution in [2.24, 2.45) is 0 Å². The van der Waals surface area contributed by atoms with Gasteiger partial charge in [-0.1, -0.05) is 42.5 Å². The Morgan fingerprint density at radius 2 is 1.57 bits per heavy atom. The first-order valence-electron chi connectivity index (χ1n) is 9.49. The molecular formula is C23H25F3O2. The molecule has 0 bridgehead atoms. The summed E-state index contributed by atoms with van der Waals surface area (Å²) in [5, 5.41) is 0. The fourth-order valence-corrected chi connectivity index (χ4v) is 3.69. The number of ether oxygens (including phenoxy) is 1. The molecule has 0 atom stereocenters. The predicted octanol–water partition coefficient (Wildman–Crippen LogP) is 6.28. The molecule has 28 heavy (non-hydrogen) atoms. The average molecular weight is 390 g/mol. The van der Waals surface area contributed by atoms with E-state index in [-0.39, 0.29) is 12.8 Å². The maximum atomic E-state index is 14.9. The first kappa shape index (κ1) is 20.4. The van der Waals surface area contributed by atoms with E-state index in [1.807, 2.05) is 18.2 Å². The van der Waals surface area contributed by atoms with Gasteiger partial charge in [0.25, 0.3) is 0 Å². The minimum Gasteiger partial charge on any atom is -0.459 e. The van der Waals surface area contributed by atoms with E-state index in [4.69, 9.17) is 4.74 Å². The monoisotopic (exact) mass is 390 g/mol. The van der Waals surface area contributed by atoms with Gasteiger partial charge in [0.05, 0.1) is 5.41 Å². The largest absolute Gasteiger partial charge is 0.459 e. The highest BCUT2D eigenvalue weighted by atomic mass is 19.3. The number of rotatable bonds is 3. The molecule has 0 saturated heterocycles. The van der Waals surface area contributed by atoms with Gasteiger partial charge in [-0.2, -0.15) is 0 Å². The summed E-state index contributed by atoms with van der Waals surface area (Å²) in [6.45, 7) is 5.19. The first-order chi connectivity index (χ1) is 13.0. The van der Waals surface area contributed by atoms with Gasteiger partial charge in [0.1, 0.15) is 11.4 Å². The van der Waals surface area contributed by atoms with E-state index in [0.717, 1.165) is 0 Å². The standard InChI is InChI=1S/C23H25F3O2/c1-21(2,3)28-20(27)22(11-13-23(25,26)14-12-22)17-9-10-18(19(24)15-17)16-7-5-4-6-8-16/h4-10,15H,11-14H2,1-3H3. The fraction of sp³-hybridized carbons (Fsp3) is 0.435. The van der Waals surface area contributed by atoms with Crippen LogP contribution in [0.1, 0.15) is 52.0 Å². The second-order valence-corrected chi connectivity index (χ2v) is 8.50. The van der Waals surface area contributed by atoms with Crippen LogP contribution in [0.2, 0.25) is 0 Å². The molecule has 0 N–H and O–H groups in total. The number of benzene rings is 2. The van der Waals surface area contributed by atoms with E-state index in [1.165, 1.54) is 6.07 Å². The second-order valence-electron chi connectivity index (χ2n) is 8.50. The van der Waals surface area contributed by atoms with Crippen LogP contribution in [0.4, 0.5) is 13.2 Å². The second kappa shape index (κ2) is 7.26. The number of esters is 1. The smallest absolute Gasteiger partial charge is 0.317 e. The number of halogens is 3. The van der Waals surface area contributed by atoms with Crippen molar-refractivity contribution in [2.75, 3.05) is 0 Å². The summed E-state index contributed by atoms with van der Waals surface area (Å²) in [6, 6.07) is 13.6. The molecule has 0 unspecified atom stereocenters. The van der Waals surface area contributed by atoms with Gasteiger partial charge in [-0.25, -0.2) is 13.2 Å². The quantitative estimate of drug-likeness (QED) is 0.577. The molecule has 3 rings (SSSR count). The van der Waals surface area contributed by atoms with Crippen LogP contribution >= 0.6 is 0 Å². The number of carbonyl (C=O) groups excluding carboxylic acids is 1. The maximum Gasteiger partial charge on any atom is 0.317 e. The maximum absolute atomic E-state index is 14.9. The van der Waals surface area contributed by atoms with Crippen molar-refractivity contribution in [1.82, 2.24) is 0 Å². The van der Waals surface area contributed by atoms with Crippen molar-refractivity contribution >= 4 is 5.97 Å². The van der Waals surface area contributed by atoms with Crippen molar-refractivity contribution in [1.29, 1.82) is 0 Å². The Labute approximate surface area is 163 Å². The molecule has 0 aromatic heterocycles. The molecule has 2 aromatic rings. The normalized spacial score (nSPS) is 18.5. The minimum absolute atomic E-state index is 0.0704. The molecule has 1 aliphatic carbocycles. The Morgan fingerprint density at radius 3 is 2.11 bits per heavy atom. The third kappa shape index (κ3) is 4.23. The van der Waals surface area contributed by atoms with Gasteiger partial charge >= 0.3 is 5.97 Å². The van der Waals surface area contributed by atoms with Crippen LogP contribution in [0.3, 0.4) is 0 Å². The van der Waals surface area contributed by atoms with Crippen molar-refractivity contribution in [3.8, 4) is 11.1 Å². The van der Waals surface area contributed by atoms with Crippen LogP contribution < -0.4 is 0 Å². The molecule has 0 radical (unpaired) electrons. The van der Waals surface area contributed by atoms with Gasteiger partial charge < -0.3 is 4.74 Å². The highest BCUT2D eigenvalue weighted by Crippen LogP contribution is 2.47. The molecule has 1 aliphatic rings. The molecular weight excluding hydrogens is 365 g/mol. The summed E-state index contributed by atoms with van der Waals surface area (Å²) in [5.41, 5.74) is -0.496. The van der Waals surface area contributed by atoms with E-state index in [1.54, 1.807) is 45.0 Å². The van der Waals surface area contributed by atoms with Crippen molar-refractivity contribution in [3.63, 3.8) is 0 Å². The first-order valence-corrected chi connectivity index (χ1v) is 9.49. The fourth-order valence-electron chi connectivity index (χ4n) is 3.69. The summed E-state index contributed by atoms with van der Waals surface area (Å²) < 4.78 is 48.1. The van der Waals surface area contributed by atoms with Crippen molar-refractivity contribution < 1.29 is 22.7 Å². The van der Waals surface area contributed by atoms with Crippen molar-refractivity contribution in [2.45, 2.75) is 63.4 Å². The van der Waals surface area contributed by atoms with E-state index in [0.29, 0.717) is 16.7 Å². The highest BCUT2D eigenvalue weighted by Gasteiger charge is 2.50. The average Bonchev–Trinajstić information content (AvgIpc) is 2.61. The molecule has 1 fully saturated rings. The zero-order chi connectivity index (χ0) is 20.6. The Morgan fingerprint density at radius 1 is 0.964 bits per heavy atom. The van der Waals surface area contributed by atoms with Gasteiger partial charge in [-0.3, -0.25) is 4.79 Å². The molecule has 1 saturated carbocycles. The van der Waals surface area contributed by atoms with Gasteiger partial charge in [0.2, 0.25) is 5.92 Å². The zero-order valence-corrected chi connectivity index (χ0v) is 16.4. The lowest BCUT2D eigenvalue weighted by Crippen LogP contribution is -2.46. The lowest BCUT2D eigenvalue weighted by Gasteiger charge is -2.40. The van der Waals surface area contributed by atoms with Crippen LogP contribution in [-0.2, 0) is 14.9 Å². The van der Waals surface area contributed by atoms with Crippen LogP contribution in [0, 0.1) is 5.82 Å².